The van der Waals surface area contributed by atoms with Crippen LogP contribution in [0.4, 0.5) is 5.69 Å². The molecule has 0 radical (unpaired) electrons. The second-order valence-electron chi connectivity index (χ2n) is 5.76. The monoisotopic (exact) mass is 331 g/mol. The van der Waals surface area contributed by atoms with Crippen LogP contribution in [0.25, 0.3) is 11.1 Å². The average Bonchev–Trinajstić information content (AvgIpc) is 2.62. The van der Waals surface area contributed by atoms with E-state index in [1.807, 2.05) is 37.3 Å². The van der Waals surface area contributed by atoms with E-state index in [1.165, 1.54) is 6.07 Å². The summed E-state index contributed by atoms with van der Waals surface area (Å²) in [6.45, 7) is 1.99. The Morgan fingerprint density at radius 1 is 0.840 bits per heavy atom. The lowest BCUT2D eigenvalue weighted by atomic mass is 10.0. The third-order valence-corrected chi connectivity index (χ3v) is 3.89. The Morgan fingerprint density at radius 3 is 2.24 bits per heavy atom. The van der Waals surface area contributed by atoms with Gasteiger partial charge in [0.05, 0.1) is 11.3 Å². The van der Waals surface area contributed by atoms with Crippen LogP contribution in [0.2, 0.25) is 0 Å². The van der Waals surface area contributed by atoms with Crippen LogP contribution in [0.5, 0.6) is 0 Å². The van der Waals surface area contributed by atoms with Crippen molar-refractivity contribution in [3.63, 3.8) is 0 Å². The fourth-order valence-electron chi connectivity index (χ4n) is 2.62. The summed E-state index contributed by atoms with van der Waals surface area (Å²) in [6.07, 6.45) is 0. The van der Waals surface area contributed by atoms with E-state index >= 15 is 0 Å². The first-order chi connectivity index (χ1) is 12.0. The van der Waals surface area contributed by atoms with Gasteiger partial charge in [-0.05, 0) is 42.3 Å². The molecule has 3 aromatic rings. The summed E-state index contributed by atoms with van der Waals surface area (Å²) in [5, 5.41) is 12.1. The van der Waals surface area contributed by atoms with E-state index in [9.17, 15) is 14.7 Å². The number of carboxylic acid groups (broad SMARTS) is 1. The highest BCUT2D eigenvalue weighted by Gasteiger charge is 2.15. The summed E-state index contributed by atoms with van der Waals surface area (Å²) in [5.41, 5.74) is 3.72. The number of carboxylic acids is 1. The number of benzene rings is 3. The van der Waals surface area contributed by atoms with E-state index in [2.05, 4.69) is 5.32 Å². The third kappa shape index (κ3) is 3.75. The van der Waals surface area contributed by atoms with Crippen LogP contribution in [-0.4, -0.2) is 17.0 Å². The maximum Gasteiger partial charge on any atom is 0.337 e. The predicted molar refractivity (Wildman–Crippen MR) is 98.0 cm³/mol. The van der Waals surface area contributed by atoms with Crippen molar-refractivity contribution in [1.82, 2.24) is 0 Å². The number of hydrogen-bond acceptors (Lipinski definition) is 2. The Labute approximate surface area is 145 Å². The molecule has 4 heteroatoms. The zero-order chi connectivity index (χ0) is 17.8. The highest BCUT2D eigenvalue weighted by atomic mass is 16.4. The third-order valence-electron chi connectivity index (χ3n) is 3.89. The number of carbonyl (C=O) groups excluding carboxylic acids is 1. The molecule has 0 fully saturated rings. The molecule has 0 spiro atoms. The van der Waals surface area contributed by atoms with Crippen LogP contribution in [0.1, 0.15) is 26.3 Å². The van der Waals surface area contributed by atoms with Crippen molar-refractivity contribution in [2.24, 2.45) is 0 Å². The second-order valence-corrected chi connectivity index (χ2v) is 5.76. The largest absolute Gasteiger partial charge is 0.478 e. The zero-order valence-electron chi connectivity index (χ0n) is 13.7. The summed E-state index contributed by atoms with van der Waals surface area (Å²) in [7, 11) is 0. The van der Waals surface area contributed by atoms with Crippen molar-refractivity contribution >= 4 is 17.6 Å². The van der Waals surface area contributed by atoms with Crippen molar-refractivity contribution in [2.75, 3.05) is 5.32 Å². The molecule has 1 amide bonds. The van der Waals surface area contributed by atoms with Crippen LogP contribution in [0.15, 0.2) is 72.8 Å². The molecule has 0 aromatic heterocycles. The summed E-state index contributed by atoms with van der Waals surface area (Å²) >= 11 is 0. The molecule has 0 aliphatic carbocycles. The first kappa shape index (κ1) is 16.5. The van der Waals surface area contributed by atoms with E-state index in [4.69, 9.17) is 0 Å². The molecule has 0 bridgehead atoms. The van der Waals surface area contributed by atoms with Crippen molar-refractivity contribution in [3.8, 4) is 11.1 Å². The molecule has 124 valence electrons. The number of nitrogens with one attached hydrogen (secondary N) is 1. The van der Waals surface area contributed by atoms with Gasteiger partial charge >= 0.3 is 5.97 Å². The van der Waals surface area contributed by atoms with Crippen LogP contribution >= 0.6 is 0 Å². The van der Waals surface area contributed by atoms with Gasteiger partial charge in [-0.1, -0.05) is 54.1 Å². The molecule has 0 aliphatic rings. The van der Waals surface area contributed by atoms with Crippen LogP contribution in [-0.2, 0) is 0 Å². The zero-order valence-corrected chi connectivity index (χ0v) is 13.7. The number of hydrogen-bond donors (Lipinski definition) is 2. The fourth-order valence-corrected chi connectivity index (χ4v) is 2.62. The Morgan fingerprint density at radius 2 is 1.56 bits per heavy atom. The number of aryl methyl sites for hydroxylation is 1. The van der Waals surface area contributed by atoms with Crippen LogP contribution in [0, 0.1) is 6.92 Å². The van der Waals surface area contributed by atoms with E-state index < -0.39 is 5.97 Å². The highest BCUT2D eigenvalue weighted by molar-refractivity contribution is 6.08. The van der Waals surface area contributed by atoms with Crippen molar-refractivity contribution in [3.05, 3.63) is 89.5 Å². The van der Waals surface area contributed by atoms with Gasteiger partial charge in [-0.15, -0.1) is 0 Å². The van der Waals surface area contributed by atoms with Gasteiger partial charge in [-0.3, -0.25) is 4.79 Å². The molecule has 0 aliphatic heterocycles. The van der Waals surface area contributed by atoms with Gasteiger partial charge in [0, 0.05) is 5.56 Å². The Kier molecular flexibility index (Phi) is 4.61. The molecule has 0 saturated heterocycles. The molecule has 2 N–H and O–H groups in total. The number of aromatic carboxylic acids is 1. The highest BCUT2D eigenvalue weighted by Crippen LogP contribution is 2.27. The van der Waals surface area contributed by atoms with Gasteiger partial charge in [0.2, 0.25) is 0 Å². The molecule has 0 saturated carbocycles. The Balaban J connectivity index is 2.00. The molecular weight excluding hydrogens is 314 g/mol. The fraction of sp³-hybridized carbons (Fsp3) is 0.0476. The Hall–Kier alpha value is -3.40. The molecule has 25 heavy (non-hydrogen) atoms. The topological polar surface area (TPSA) is 66.4 Å². The number of rotatable bonds is 4. The van der Waals surface area contributed by atoms with Gasteiger partial charge in [-0.2, -0.15) is 0 Å². The molecule has 3 rings (SSSR count). The lowest BCUT2D eigenvalue weighted by Crippen LogP contribution is -2.14. The normalized spacial score (nSPS) is 10.3. The minimum atomic E-state index is -1.08. The van der Waals surface area contributed by atoms with E-state index in [0.29, 0.717) is 5.56 Å². The maximum atomic E-state index is 12.4. The van der Waals surface area contributed by atoms with Crippen molar-refractivity contribution in [2.45, 2.75) is 6.92 Å². The van der Waals surface area contributed by atoms with Gasteiger partial charge < -0.3 is 10.4 Å². The Bertz CT molecular complexity index is 933. The van der Waals surface area contributed by atoms with Gasteiger partial charge in [0.1, 0.15) is 0 Å². The minimum Gasteiger partial charge on any atom is -0.478 e. The molecule has 4 nitrogen and oxygen atoms in total. The number of anilines is 1. The van der Waals surface area contributed by atoms with Crippen molar-refractivity contribution < 1.29 is 14.7 Å². The van der Waals surface area contributed by atoms with Gasteiger partial charge in [0.25, 0.3) is 5.91 Å². The molecule has 0 unspecified atom stereocenters. The summed E-state index contributed by atoms with van der Waals surface area (Å²) < 4.78 is 0. The molecule has 3 aromatic carbocycles. The molecule has 0 heterocycles. The average molecular weight is 331 g/mol. The molecular formula is C21H17NO3. The van der Waals surface area contributed by atoms with E-state index in [-0.39, 0.29) is 17.2 Å². The smallest absolute Gasteiger partial charge is 0.337 e. The predicted octanol–water partition coefficient (Wildman–Crippen LogP) is 4.61. The van der Waals surface area contributed by atoms with E-state index in [1.54, 1.807) is 36.4 Å². The van der Waals surface area contributed by atoms with Gasteiger partial charge in [-0.25, -0.2) is 4.79 Å². The quantitative estimate of drug-likeness (QED) is 0.733. The van der Waals surface area contributed by atoms with E-state index in [0.717, 1.165) is 16.7 Å². The summed E-state index contributed by atoms with van der Waals surface area (Å²) in [4.78, 5) is 23.9. The van der Waals surface area contributed by atoms with Gasteiger partial charge in [0.15, 0.2) is 0 Å². The summed E-state index contributed by atoms with van der Waals surface area (Å²) in [5.74, 6) is -1.43. The SMILES string of the molecule is Cc1cccc(-c2ccc(C(=O)O)c(NC(=O)c3ccccc3)c2)c1. The minimum absolute atomic E-state index is 0.0562. The maximum absolute atomic E-state index is 12.4. The lowest BCUT2D eigenvalue weighted by molar-refractivity contribution is 0.0698. The number of carbonyl (C=O) groups is 2. The molecule has 0 atom stereocenters. The lowest BCUT2D eigenvalue weighted by Gasteiger charge is -2.11. The first-order valence-corrected chi connectivity index (χ1v) is 7.85. The van der Waals surface area contributed by atoms with Crippen LogP contribution < -0.4 is 5.32 Å². The number of amides is 1. The standard InChI is InChI=1S/C21H17NO3/c1-14-6-5-9-16(12-14)17-10-11-18(21(24)25)19(13-17)22-20(23)15-7-3-2-4-8-15/h2-13H,1H3,(H,22,23)(H,24,25). The summed E-state index contributed by atoms with van der Waals surface area (Å²) in [6, 6.07) is 21.6. The van der Waals surface area contributed by atoms with Crippen LogP contribution in [0.3, 0.4) is 0 Å². The van der Waals surface area contributed by atoms with Crippen molar-refractivity contribution in [1.29, 1.82) is 0 Å². The second kappa shape index (κ2) is 7.01. The first-order valence-electron chi connectivity index (χ1n) is 7.85.